The second-order valence-corrected chi connectivity index (χ2v) is 3.82. The SMILES string of the molecule is c1ccc(C23CCNCC2O3)cc1. The molecule has 0 aliphatic carbocycles. The van der Waals surface area contributed by atoms with E-state index in [1.165, 1.54) is 5.56 Å². The summed E-state index contributed by atoms with van der Waals surface area (Å²) in [5, 5.41) is 3.35. The Balaban J connectivity index is 1.94. The molecule has 0 aromatic heterocycles. The fourth-order valence-corrected chi connectivity index (χ4v) is 2.27. The molecule has 1 aromatic carbocycles. The molecule has 0 bridgehead atoms. The highest BCUT2D eigenvalue weighted by atomic mass is 16.6. The third-order valence-corrected chi connectivity index (χ3v) is 3.08. The first kappa shape index (κ1) is 7.54. The van der Waals surface area contributed by atoms with Gasteiger partial charge in [-0.25, -0.2) is 0 Å². The van der Waals surface area contributed by atoms with E-state index in [0.29, 0.717) is 6.10 Å². The summed E-state index contributed by atoms with van der Waals surface area (Å²) in [6.45, 7) is 2.08. The van der Waals surface area contributed by atoms with Crippen LogP contribution in [0.5, 0.6) is 0 Å². The van der Waals surface area contributed by atoms with E-state index >= 15 is 0 Å². The minimum atomic E-state index is 0.0759. The molecule has 1 aromatic rings. The van der Waals surface area contributed by atoms with Gasteiger partial charge in [-0.3, -0.25) is 0 Å². The van der Waals surface area contributed by atoms with Crippen LogP contribution in [0.2, 0.25) is 0 Å². The van der Waals surface area contributed by atoms with Gasteiger partial charge in [-0.2, -0.15) is 0 Å². The normalized spacial score (nSPS) is 36.8. The van der Waals surface area contributed by atoms with Crippen molar-refractivity contribution in [1.29, 1.82) is 0 Å². The Hall–Kier alpha value is -0.860. The van der Waals surface area contributed by atoms with Crippen LogP contribution >= 0.6 is 0 Å². The Kier molecular flexibility index (Phi) is 1.49. The van der Waals surface area contributed by atoms with Crippen LogP contribution in [0.25, 0.3) is 0 Å². The van der Waals surface area contributed by atoms with Crippen LogP contribution in [0.1, 0.15) is 12.0 Å². The van der Waals surface area contributed by atoms with Crippen molar-refractivity contribution in [2.24, 2.45) is 0 Å². The van der Waals surface area contributed by atoms with Gasteiger partial charge in [0.15, 0.2) is 0 Å². The number of benzene rings is 1. The fraction of sp³-hybridized carbons (Fsp3) is 0.455. The number of piperidine rings is 1. The molecule has 2 unspecified atom stereocenters. The molecule has 2 atom stereocenters. The van der Waals surface area contributed by atoms with Crippen LogP contribution in [0.3, 0.4) is 0 Å². The summed E-state index contributed by atoms with van der Waals surface area (Å²) in [7, 11) is 0. The van der Waals surface area contributed by atoms with Gasteiger partial charge < -0.3 is 10.1 Å². The summed E-state index contributed by atoms with van der Waals surface area (Å²) in [6, 6.07) is 10.6. The number of epoxide rings is 1. The number of rotatable bonds is 1. The average molecular weight is 175 g/mol. The molecule has 0 spiro atoms. The van der Waals surface area contributed by atoms with Gasteiger partial charge in [0.25, 0.3) is 0 Å². The van der Waals surface area contributed by atoms with Crippen molar-refractivity contribution in [1.82, 2.24) is 5.32 Å². The molecule has 68 valence electrons. The molecule has 0 amide bonds. The highest BCUT2D eigenvalue weighted by Gasteiger charge is 2.58. The van der Waals surface area contributed by atoms with E-state index in [1.807, 2.05) is 0 Å². The summed E-state index contributed by atoms with van der Waals surface area (Å²) < 4.78 is 5.79. The maximum atomic E-state index is 5.79. The summed E-state index contributed by atoms with van der Waals surface area (Å²) in [5.74, 6) is 0. The second kappa shape index (κ2) is 2.56. The first-order valence-corrected chi connectivity index (χ1v) is 4.86. The lowest BCUT2D eigenvalue weighted by Gasteiger charge is -2.18. The van der Waals surface area contributed by atoms with Crippen molar-refractivity contribution in [2.75, 3.05) is 13.1 Å². The summed E-state index contributed by atoms with van der Waals surface area (Å²) >= 11 is 0. The van der Waals surface area contributed by atoms with Gasteiger partial charge in [-0.05, 0) is 18.5 Å². The van der Waals surface area contributed by atoms with Crippen LogP contribution in [0.15, 0.2) is 30.3 Å². The predicted octanol–water partition coefficient (Wildman–Crippen LogP) is 1.27. The zero-order chi connectivity index (χ0) is 8.73. The van der Waals surface area contributed by atoms with Crippen molar-refractivity contribution in [2.45, 2.75) is 18.1 Å². The molecule has 0 saturated carbocycles. The molecule has 2 fully saturated rings. The van der Waals surface area contributed by atoms with E-state index in [2.05, 4.69) is 35.6 Å². The maximum absolute atomic E-state index is 5.79. The molecule has 2 heterocycles. The van der Waals surface area contributed by atoms with Crippen molar-refractivity contribution < 1.29 is 4.74 Å². The third-order valence-electron chi connectivity index (χ3n) is 3.08. The lowest BCUT2D eigenvalue weighted by atomic mass is 9.90. The number of fused-ring (bicyclic) bond motifs is 1. The first-order valence-electron chi connectivity index (χ1n) is 4.86. The monoisotopic (exact) mass is 175 g/mol. The van der Waals surface area contributed by atoms with Crippen LogP contribution in [-0.4, -0.2) is 19.2 Å². The first-order chi connectivity index (χ1) is 6.42. The summed E-state index contributed by atoms with van der Waals surface area (Å²) in [5.41, 5.74) is 1.42. The standard InChI is InChI=1S/C11H13NO/c1-2-4-9(5-3-1)11-6-7-12-8-10(11)13-11/h1-5,10,12H,6-8H2. The van der Waals surface area contributed by atoms with Crippen molar-refractivity contribution >= 4 is 0 Å². The lowest BCUT2D eigenvalue weighted by molar-refractivity contribution is 0.294. The maximum Gasteiger partial charge on any atom is 0.122 e. The second-order valence-electron chi connectivity index (χ2n) is 3.82. The van der Waals surface area contributed by atoms with Gasteiger partial charge in [-0.15, -0.1) is 0 Å². The van der Waals surface area contributed by atoms with E-state index in [0.717, 1.165) is 19.5 Å². The summed E-state index contributed by atoms with van der Waals surface area (Å²) in [4.78, 5) is 0. The van der Waals surface area contributed by atoms with Crippen molar-refractivity contribution in [3.05, 3.63) is 35.9 Å². The molecule has 2 aliphatic rings. The molecule has 13 heavy (non-hydrogen) atoms. The Bertz CT molecular complexity index is 311. The van der Waals surface area contributed by atoms with Gasteiger partial charge in [0, 0.05) is 6.54 Å². The number of ether oxygens (including phenoxy) is 1. The zero-order valence-electron chi connectivity index (χ0n) is 7.49. The number of hydrogen-bond donors (Lipinski definition) is 1. The molecule has 1 N–H and O–H groups in total. The smallest absolute Gasteiger partial charge is 0.122 e. The van der Waals surface area contributed by atoms with E-state index in [1.54, 1.807) is 0 Å². The molecular formula is C11H13NO. The molecular weight excluding hydrogens is 162 g/mol. The van der Waals surface area contributed by atoms with E-state index < -0.39 is 0 Å². The molecule has 2 nitrogen and oxygen atoms in total. The minimum absolute atomic E-state index is 0.0759. The predicted molar refractivity (Wildman–Crippen MR) is 50.5 cm³/mol. The Morgan fingerprint density at radius 2 is 2.15 bits per heavy atom. The van der Waals surface area contributed by atoms with E-state index in [4.69, 9.17) is 4.74 Å². The third kappa shape index (κ3) is 1.02. The molecule has 2 saturated heterocycles. The van der Waals surface area contributed by atoms with Crippen molar-refractivity contribution in [3.8, 4) is 0 Å². The molecule has 2 aliphatic heterocycles. The highest BCUT2D eigenvalue weighted by molar-refractivity contribution is 5.30. The number of nitrogens with one attached hydrogen (secondary N) is 1. The topological polar surface area (TPSA) is 24.6 Å². The Labute approximate surface area is 77.9 Å². The summed E-state index contributed by atoms with van der Waals surface area (Å²) in [6.07, 6.45) is 1.53. The minimum Gasteiger partial charge on any atom is -0.360 e. The zero-order valence-corrected chi connectivity index (χ0v) is 7.49. The van der Waals surface area contributed by atoms with Gasteiger partial charge in [0.05, 0.1) is 0 Å². The average Bonchev–Trinajstić information content (AvgIpc) is 2.94. The highest BCUT2D eigenvalue weighted by Crippen LogP contribution is 2.49. The van der Waals surface area contributed by atoms with Crippen LogP contribution in [0.4, 0.5) is 0 Å². The van der Waals surface area contributed by atoms with Crippen molar-refractivity contribution in [3.63, 3.8) is 0 Å². The Morgan fingerprint density at radius 3 is 2.92 bits per heavy atom. The van der Waals surface area contributed by atoms with Crippen LogP contribution in [0, 0.1) is 0 Å². The Morgan fingerprint density at radius 1 is 1.31 bits per heavy atom. The van der Waals surface area contributed by atoms with Gasteiger partial charge in [0.2, 0.25) is 0 Å². The lowest BCUT2D eigenvalue weighted by Crippen LogP contribution is -2.33. The molecule has 2 heteroatoms. The van der Waals surface area contributed by atoms with Gasteiger partial charge in [-0.1, -0.05) is 30.3 Å². The van der Waals surface area contributed by atoms with E-state index in [9.17, 15) is 0 Å². The molecule has 3 rings (SSSR count). The van der Waals surface area contributed by atoms with Crippen LogP contribution < -0.4 is 5.32 Å². The quantitative estimate of drug-likeness (QED) is 0.650. The van der Waals surface area contributed by atoms with Gasteiger partial charge >= 0.3 is 0 Å². The van der Waals surface area contributed by atoms with E-state index in [-0.39, 0.29) is 5.60 Å². The fourth-order valence-electron chi connectivity index (χ4n) is 2.27. The van der Waals surface area contributed by atoms with Crippen LogP contribution in [-0.2, 0) is 10.3 Å². The van der Waals surface area contributed by atoms with Gasteiger partial charge in [0.1, 0.15) is 11.7 Å². The largest absolute Gasteiger partial charge is 0.360 e. The number of hydrogen-bond acceptors (Lipinski definition) is 2. The molecule has 0 radical (unpaired) electrons.